The number of hydrogen-bond donors (Lipinski definition) is 2. The van der Waals surface area contributed by atoms with Crippen LogP contribution in [-0.4, -0.2) is 66.0 Å². The number of nitrogens with two attached hydrogens (primary N) is 1. The first-order chi connectivity index (χ1) is 18.7. The van der Waals surface area contributed by atoms with Crippen molar-refractivity contribution in [3.63, 3.8) is 0 Å². The molecule has 2 aromatic carbocycles. The number of nitrogens with zero attached hydrogens (tertiary/aromatic N) is 2. The summed E-state index contributed by atoms with van der Waals surface area (Å²) in [7, 11) is 1.68. The molecule has 39 heavy (non-hydrogen) atoms. The largest absolute Gasteiger partial charge is 0.497 e. The summed E-state index contributed by atoms with van der Waals surface area (Å²) in [6.07, 6.45) is 5.10. The lowest BCUT2D eigenvalue weighted by Crippen LogP contribution is -2.58. The van der Waals surface area contributed by atoms with Crippen molar-refractivity contribution < 1.29 is 14.3 Å². The highest BCUT2D eigenvalue weighted by Crippen LogP contribution is 2.28. The number of carbonyl (C=O) groups is 2. The molecule has 7 nitrogen and oxygen atoms in total. The van der Waals surface area contributed by atoms with Crippen molar-refractivity contribution in [3.8, 4) is 5.75 Å². The van der Waals surface area contributed by atoms with Crippen LogP contribution in [-0.2, 0) is 11.3 Å². The van der Waals surface area contributed by atoms with Gasteiger partial charge in [-0.25, -0.2) is 0 Å². The molecule has 4 rings (SSSR count). The van der Waals surface area contributed by atoms with Gasteiger partial charge in [0.05, 0.1) is 7.11 Å². The molecule has 0 radical (unpaired) electrons. The highest BCUT2D eigenvalue weighted by molar-refractivity contribution is 5.97. The van der Waals surface area contributed by atoms with Gasteiger partial charge in [-0.3, -0.25) is 14.5 Å². The topological polar surface area (TPSA) is 87.9 Å². The van der Waals surface area contributed by atoms with Crippen molar-refractivity contribution in [2.75, 3.05) is 20.2 Å². The number of rotatable bonds is 9. The number of likely N-dealkylation sites (tertiary alicyclic amines) is 1. The average Bonchev–Trinajstić information content (AvgIpc) is 2.94. The second-order valence-electron chi connectivity index (χ2n) is 11.9. The molecule has 0 bridgehead atoms. The first-order valence-electron chi connectivity index (χ1n) is 14.5. The minimum atomic E-state index is -0.501. The normalized spacial score (nSPS) is 23.6. The number of nitrogens with one attached hydrogen (secondary N) is 1. The first-order valence-corrected chi connectivity index (χ1v) is 14.5. The second-order valence-corrected chi connectivity index (χ2v) is 11.9. The third-order valence-electron chi connectivity index (χ3n) is 8.22. The Labute approximate surface area is 234 Å². The predicted molar refractivity (Wildman–Crippen MR) is 156 cm³/mol. The summed E-state index contributed by atoms with van der Waals surface area (Å²) in [5.74, 6) is 1.23. The molecule has 2 aliphatic rings. The molecule has 2 amide bonds. The fourth-order valence-electron chi connectivity index (χ4n) is 5.97. The zero-order chi connectivity index (χ0) is 27.9. The highest BCUT2D eigenvalue weighted by atomic mass is 16.5. The Kier molecular flexibility index (Phi) is 10.0. The molecule has 3 N–H and O–H groups in total. The Hall–Kier alpha value is -2.90. The Morgan fingerprint density at radius 1 is 1.03 bits per heavy atom. The van der Waals surface area contributed by atoms with E-state index < -0.39 is 6.04 Å². The van der Waals surface area contributed by atoms with Gasteiger partial charge in [0.15, 0.2) is 0 Å². The zero-order valence-corrected chi connectivity index (χ0v) is 24.1. The molecule has 0 aromatic heterocycles. The lowest BCUT2D eigenvalue weighted by molar-refractivity contribution is -0.128. The summed E-state index contributed by atoms with van der Waals surface area (Å²) in [6, 6.07) is 15.9. The lowest BCUT2D eigenvalue weighted by atomic mass is 9.90. The van der Waals surface area contributed by atoms with Crippen molar-refractivity contribution in [1.29, 1.82) is 0 Å². The van der Waals surface area contributed by atoms with Crippen LogP contribution >= 0.6 is 0 Å². The molecule has 7 heteroatoms. The van der Waals surface area contributed by atoms with Crippen molar-refractivity contribution in [1.82, 2.24) is 15.1 Å². The van der Waals surface area contributed by atoms with Crippen LogP contribution in [0, 0.1) is 12.8 Å². The smallest absolute Gasteiger partial charge is 0.254 e. The standard InChI is InChI=1S/C32H46N4O3/c1-22(2)20-35(21-24-7-15-29(39-4)16-8-24)28-17-18-36(32(38)25-9-5-23(3)6-10-25)30(19-28)31(37)34-27-13-11-26(33)12-14-27/h5-10,15-16,22,26-28,30H,11-14,17-21,33H2,1-4H3,(H,34,37)/t26?,27?,28?,30-/m1/s1. The van der Waals surface area contributed by atoms with E-state index in [1.807, 2.05) is 48.2 Å². The van der Waals surface area contributed by atoms with E-state index in [0.29, 0.717) is 24.4 Å². The molecule has 1 saturated heterocycles. The van der Waals surface area contributed by atoms with Gasteiger partial charge in [0.2, 0.25) is 5.91 Å². The van der Waals surface area contributed by atoms with E-state index in [2.05, 4.69) is 36.2 Å². The zero-order valence-electron chi connectivity index (χ0n) is 24.1. The summed E-state index contributed by atoms with van der Waals surface area (Å²) >= 11 is 0. The van der Waals surface area contributed by atoms with Crippen LogP contribution in [0.15, 0.2) is 48.5 Å². The molecule has 1 unspecified atom stereocenters. The molecule has 0 spiro atoms. The quantitative estimate of drug-likeness (QED) is 0.494. The van der Waals surface area contributed by atoms with E-state index in [0.717, 1.165) is 56.5 Å². The van der Waals surface area contributed by atoms with E-state index in [1.54, 1.807) is 7.11 Å². The maximum Gasteiger partial charge on any atom is 0.254 e. The summed E-state index contributed by atoms with van der Waals surface area (Å²) in [4.78, 5) is 31.8. The van der Waals surface area contributed by atoms with Gasteiger partial charge in [0.25, 0.3) is 5.91 Å². The number of amides is 2. The minimum absolute atomic E-state index is 0.0328. The van der Waals surface area contributed by atoms with Crippen LogP contribution in [0.1, 0.15) is 73.9 Å². The predicted octanol–water partition coefficient (Wildman–Crippen LogP) is 4.52. The molecule has 212 valence electrons. The minimum Gasteiger partial charge on any atom is -0.497 e. The Morgan fingerprint density at radius 2 is 1.69 bits per heavy atom. The summed E-state index contributed by atoms with van der Waals surface area (Å²) in [6.45, 7) is 8.76. The van der Waals surface area contributed by atoms with E-state index in [9.17, 15) is 9.59 Å². The number of benzene rings is 2. The van der Waals surface area contributed by atoms with Gasteiger partial charge in [0.1, 0.15) is 11.8 Å². The van der Waals surface area contributed by atoms with E-state index in [4.69, 9.17) is 10.5 Å². The van der Waals surface area contributed by atoms with Crippen LogP contribution in [0.5, 0.6) is 5.75 Å². The molecule has 2 fully saturated rings. The lowest BCUT2D eigenvalue weighted by Gasteiger charge is -2.44. The number of aryl methyl sites for hydroxylation is 1. The number of hydrogen-bond acceptors (Lipinski definition) is 5. The molecule has 2 aromatic rings. The van der Waals surface area contributed by atoms with Crippen LogP contribution in [0.4, 0.5) is 0 Å². The maximum absolute atomic E-state index is 13.8. The van der Waals surface area contributed by atoms with Gasteiger partial charge < -0.3 is 20.7 Å². The number of piperidine rings is 1. The first kappa shape index (κ1) is 29.1. The van der Waals surface area contributed by atoms with Crippen LogP contribution < -0.4 is 15.8 Å². The highest BCUT2D eigenvalue weighted by Gasteiger charge is 2.39. The van der Waals surface area contributed by atoms with Crippen molar-refractivity contribution in [2.45, 2.75) is 90.0 Å². The van der Waals surface area contributed by atoms with E-state index in [1.165, 1.54) is 5.56 Å². The fourth-order valence-corrected chi connectivity index (χ4v) is 5.97. The van der Waals surface area contributed by atoms with E-state index >= 15 is 0 Å². The third-order valence-corrected chi connectivity index (χ3v) is 8.22. The SMILES string of the molecule is COc1ccc(CN(CC(C)C)C2CCN(C(=O)c3ccc(C)cc3)[C@@H](C(=O)NC3CCC(N)CC3)C2)cc1. The van der Waals surface area contributed by atoms with Crippen LogP contribution in [0.3, 0.4) is 0 Å². The Balaban J connectivity index is 1.54. The van der Waals surface area contributed by atoms with Crippen LogP contribution in [0.25, 0.3) is 0 Å². The van der Waals surface area contributed by atoms with Gasteiger partial charge in [-0.2, -0.15) is 0 Å². The van der Waals surface area contributed by atoms with Crippen LogP contribution in [0.2, 0.25) is 0 Å². The Bertz CT molecular complexity index is 1080. The summed E-state index contributed by atoms with van der Waals surface area (Å²) in [5, 5.41) is 3.30. The maximum atomic E-state index is 13.8. The van der Waals surface area contributed by atoms with Gasteiger partial charge in [-0.15, -0.1) is 0 Å². The fraction of sp³-hybridized carbons (Fsp3) is 0.562. The molecule has 1 aliphatic heterocycles. The molecular weight excluding hydrogens is 488 g/mol. The summed E-state index contributed by atoms with van der Waals surface area (Å²) in [5.41, 5.74) is 9.06. The number of ether oxygens (including phenoxy) is 1. The van der Waals surface area contributed by atoms with Gasteiger partial charge in [-0.05, 0) is 81.2 Å². The monoisotopic (exact) mass is 534 g/mol. The van der Waals surface area contributed by atoms with E-state index in [-0.39, 0.29) is 29.9 Å². The summed E-state index contributed by atoms with van der Waals surface area (Å²) < 4.78 is 5.34. The molecule has 1 heterocycles. The van der Waals surface area contributed by atoms with Gasteiger partial charge in [-0.1, -0.05) is 43.7 Å². The second kappa shape index (κ2) is 13.4. The van der Waals surface area contributed by atoms with Crippen molar-refractivity contribution >= 4 is 11.8 Å². The van der Waals surface area contributed by atoms with Crippen molar-refractivity contribution in [2.24, 2.45) is 11.7 Å². The van der Waals surface area contributed by atoms with Crippen molar-refractivity contribution in [3.05, 3.63) is 65.2 Å². The number of methoxy groups -OCH3 is 1. The third kappa shape index (κ3) is 7.83. The average molecular weight is 535 g/mol. The van der Waals surface area contributed by atoms with Gasteiger partial charge in [0, 0.05) is 43.3 Å². The molecule has 2 atom stereocenters. The molecule has 1 saturated carbocycles. The molecule has 1 aliphatic carbocycles. The van der Waals surface area contributed by atoms with Gasteiger partial charge >= 0.3 is 0 Å². The Morgan fingerprint density at radius 3 is 2.31 bits per heavy atom. The molecular formula is C32H46N4O3. The number of carbonyl (C=O) groups excluding carboxylic acids is 2.